The van der Waals surface area contributed by atoms with Crippen LogP contribution in [-0.4, -0.2) is 24.0 Å². The van der Waals surface area contributed by atoms with Crippen LogP contribution < -0.4 is 0 Å². The van der Waals surface area contributed by atoms with Crippen molar-refractivity contribution >= 4 is 22.5 Å². The zero-order chi connectivity index (χ0) is 16.4. The summed E-state index contributed by atoms with van der Waals surface area (Å²) in [7, 11) is 4.08. The molecule has 0 bridgehead atoms. The molecule has 1 heterocycles. The van der Waals surface area contributed by atoms with E-state index in [2.05, 4.69) is 34.3 Å². The minimum Gasteiger partial charge on any atom is -0.361 e. The van der Waals surface area contributed by atoms with E-state index in [9.17, 15) is 4.39 Å². The van der Waals surface area contributed by atoms with Gasteiger partial charge in [-0.05, 0) is 56.3 Å². The highest BCUT2D eigenvalue weighted by Crippen LogP contribution is 2.29. The van der Waals surface area contributed by atoms with Gasteiger partial charge in [0.05, 0.1) is 5.02 Å². The summed E-state index contributed by atoms with van der Waals surface area (Å²) < 4.78 is 13.4. The van der Waals surface area contributed by atoms with Crippen molar-refractivity contribution in [2.24, 2.45) is 0 Å². The van der Waals surface area contributed by atoms with Gasteiger partial charge in [0.15, 0.2) is 0 Å². The molecule has 1 aromatic heterocycles. The minimum atomic E-state index is -0.371. The molecular weight excluding hydrogens is 311 g/mol. The van der Waals surface area contributed by atoms with Crippen LogP contribution in [-0.2, 0) is 6.42 Å². The van der Waals surface area contributed by atoms with Crippen LogP contribution in [0.5, 0.6) is 0 Å². The van der Waals surface area contributed by atoms with Gasteiger partial charge in [0, 0.05) is 23.1 Å². The summed E-state index contributed by atoms with van der Waals surface area (Å²) in [6.07, 6.45) is 3.97. The number of nitrogens with one attached hydrogen (secondary N) is 1. The molecule has 0 aliphatic carbocycles. The van der Waals surface area contributed by atoms with Gasteiger partial charge in [-0.2, -0.15) is 0 Å². The molecule has 0 amide bonds. The third-order valence-electron chi connectivity index (χ3n) is 4.31. The molecule has 2 nitrogen and oxygen atoms in total. The van der Waals surface area contributed by atoms with Crippen molar-refractivity contribution in [3.8, 4) is 0 Å². The summed E-state index contributed by atoms with van der Waals surface area (Å²) >= 11 is 5.94. The molecule has 0 aliphatic heterocycles. The Morgan fingerprint density at radius 1 is 1.17 bits per heavy atom. The molecule has 23 heavy (non-hydrogen) atoms. The molecule has 4 heteroatoms. The number of fused-ring (bicyclic) bond motifs is 1. The first-order valence-corrected chi connectivity index (χ1v) is 8.10. The lowest BCUT2D eigenvalue weighted by Gasteiger charge is -2.25. The molecule has 2 aromatic carbocycles. The molecule has 0 saturated carbocycles. The molecule has 0 spiro atoms. The largest absolute Gasteiger partial charge is 0.361 e. The Balaban J connectivity index is 1.81. The molecule has 3 rings (SSSR count). The smallest absolute Gasteiger partial charge is 0.141 e. The Bertz CT molecular complexity index is 810. The Hall–Kier alpha value is -1.84. The fraction of sp³-hybridized carbons (Fsp3) is 0.263. The van der Waals surface area contributed by atoms with Gasteiger partial charge < -0.3 is 9.88 Å². The number of aryl methyl sites for hydroxylation is 1. The molecule has 0 fully saturated rings. The second kappa shape index (κ2) is 6.73. The zero-order valence-electron chi connectivity index (χ0n) is 13.3. The van der Waals surface area contributed by atoms with Crippen molar-refractivity contribution < 1.29 is 4.39 Å². The minimum absolute atomic E-state index is 0.182. The van der Waals surface area contributed by atoms with Crippen LogP contribution in [0.3, 0.4) is 0 Å². The fourth-order valence-electron chi connectivity index (χ4n) is 3.07. The molecule has 0 radical (unpaired) electrons. The number of hydrogen-bond acceptors (Lipinski definition) is 1. The molecule has 0 saturated heterocycles. The Labute approximate surface area is 140 Å². The predicted octanol–water partition coefficient (Wildman–Crippen LogP) is 5.20. The highest BCUT2D eigenvalue weighted by molar-refractivity contribution is 6.30. The molecular formula is C19H20ClFN2. The Kier molecular flexibility index (Phi) is 4.69. The maximum Gasteiger partial charge on any atom is 0.141 e. The standard InChI is InChI=1S/C19H20ClFN2/c1-23(2)19(13-7-9-17(21)16(20)11-13)10-8-14-12-22-18-6-4-3-5-15(14)18/h3-7,9,11-12,19,22H,8,10H2,1-2H3. The summed E-state index contributed by atoms with van der Waals surface area (Å²) in [6, 6.07) is 13.5. The lowest BCUT2D eigenvalue weighted by atomic mass is 9.98. The van der Waals surface area contributed by atoms with E-state index in [4.69, 9.17) is 11.6 Å². The highest BCUT2D eigenvalue weighted by Gasteiger charge is 2.16. The number of benzene rings is 2. The van der Waals surface area contributed by atoms with Crippen LogP contribution in [0.15, 0.2) is 48.7 Å². The first kappa shape index (κ1) is 16.0. The highest BCUT2D eigenvalue weighted by atomic mass is 35.5. The SMILES string of the molecule is CN(C)C(CCc1c[nH]c2ccccc12)c1ccc(F)c(Cl)c1. The third kappa shape index (κ3) is 3.41. The topological polar surface area (TPSA) is 19.0 Å². The number of halogens is 2. The summed E-state index contributed by atoms with van der Waals surface area (Å²) in [6.45, 7) is 0. The van der Waals surface area contributed by atoms with E-state index < -0.39 is 0 Å². The van der Waals surface area contributed by atoms with Crippen molar-refractivity contribution in [2.75, 3.05) is 14.1 Å². The van der Waals surface area contributed by atoms with Gasteiger partial charge in [0.25, 0.3) is 0 Å². The van der Waals surface area contributed by atoms with E-state index in [1.165, 1.54) is 17.0 Å². The van der Waals surface area contributed by atoms with Crippen molar-refractivity contribution in [3.63, 3.8) is 0 Å². The van der Waals surface area contributed by atoms with Gasteiger partial charge in [0.1, 0.15) is 5.82 Å². The summed E-state index contributed by atoms with van der Waals surface area (Å²) in [5.41, 5.74) is 3.51. The Morgan fingerprint density at radius 3 is 2.70 bits per heavy atom. The average molecular weight is 331 g/mol. The summed E-state index contributed by atoms with van der Waals surface area (Å²) in [5, 5.41) is 1.45. The van der Waals surface area contributed by atoms with Gasteiger partial charge in [-0.25, -0.2) is 4.39 Å². The number of nitrogens with zero attached hydrogens (tertiary/aromatic N) is 1. The molecule has 3 aromatic rings. The monoisotopic (exact) mass is 330 g/mol. The van der Waals surface area contributed by atoms with Gasteiger partial charge >= 0.3 is 0 Å². The van der Waals surface area contributed by atoms with Crippen molar-refractivity contribution in [1.29, 1.82) is 0 Å². The van der Waals surface area contributed by atoms with E-state index in [0.717, 1.165) is 23.9 Å². The van der Waals surface area contributed by atoms with E-state index in [-0.39, 0.29) is 16.9 Å². The fourth-order valence-corrected chi connectivity index (χ4v) is 3.26. The second-order valence-corrected chi connectivity index (χ2v) is 6.46. The number of rotatable bonds is 5. The lowest BCUT2D eigenvalue weighted by molar-refractivity contribution is 0.284. The van der Waals surface area contributed by atoms with Crippen molar-refractivity contribution in [2.45, 2.75) is 18.9 Å². The van der Waals surface area contributed by atoms with Crippen LogP contribution in [0.1, 0.15) is 23.6 Å². The molecule has 120 valence electrons. The second-order valence-electron chi connectivity index (χ2n) is 6.05. The molecule has 1 unspecified atom stereocenters. The number of aromatic nitrogens is 1. The maximum atomic E-state index is 13.4. The number of hydrogen-bond donors (Lipinski definition) is 1. The molecule has 1 N–H and O–H groups in total. The van der Waals surface area contributed by atoms with Crippen LogP contribution >= 0.6 is 11.6 Å². The Morgan fingerprint density at radius 2 is 1.96 bits per heavy atom. The van der Waals surface area contributed by atoms with Crippen LogP contribution in [0.25, 0.3) is 10.9 Å². The predicted molar refractivity (Wildman–Crippen MR) is 94.5 cm³/mol. The quantitative estimate of drug-likeness (QED) is 0.681. The molecule has 1 atom stereocenters. The third-order valence-corrected chi connectivity index (χ3v) is 4.60. The van der Waals surface area contributed by atoms with E-state index in [1.54, 1.807) is 6.07 Å². The summed E-state index contributed by atoms with van der Waals surface area (Å²) in [4.78, 5) is 5.46. The van der Waals surface area contributed by atoms with Gasteiger partial charge in [0.2, 0.25) is 0 Å². The van der Waals surface area contributed by atoms with E-state index in [1.807, 2.05) is 26.2 Å². The zero-order valence-corrected chi connectivity index (χ0v) is 14.1. The van der Waals surface area contributed by atoms with Gasteiger partial charge in [-0.1, -0.05) is 35.9 Å². The molecule has 0 aliphatic rings. The average Bonchev–Trinajstić information content (AvgIpc) is 2.94. The summed E-state index contributed by atoms with van der Waals surface area (Å²) in [5.74, 6) is -0.371. The number of H-pyrrole nitrogens is 1. The van der Waals surface area contributed by atoms with E-state index >= 15 is 0 Å². The first-order chi connectivity index (χ1) is 11.1. The van der Waals surface area contributed by atoms with Crippen molar-refractivity contribution in [1.82, 2.24) is 9.88 Å². The number of aromatic amines is 1. The van der Waals surface area contributed by atoms with E-state index in [0.29, 0.717) is 0 Å². The van der Waals surface area contributed by atoms with Crippen LogP contribution in [0.4, 0.5) is 4.39 Å². The lowest BCUT2D eigenvalue weighted by Crippen LogP contribution is -2.20. The maximum absolute atomic E-state index is 13.4. The van der Waals surface area contributed by atoms with Gasteiger partial charge in [-0.15, -0.1) is 0 Å². The van der Waals surface area contributed by atoms with Crippen LogP contribution in [0, 0.1) is 5.82 Å². The van der Waals surface area contributed by atoms with Gasteiger partial charge in [-0.3, -0.25) is 0 Å². The van der Waals surface area contributed by atoms with Crippen molar-refractivity contribution in [3.05, 3.63) is 70.6 Å². The first-order valence-electron chi connectivity index (χ1n) is 7.72. The van der Waals surface area contributed by atoms with Crippen LogP contribution in [0.2, 0.25) is 5.02 Å². The number of para-hydroxylation sites is 1. The normalized spacial score (nSPS) is 12.9.